The first-order chi connectivity index (χ1) is 11.2. The number of ether oxygens (including phenoxy) is 1. The van der Waals surface area contributed by atoms with Crippen molar-refractivity contribution in [3.8, 4) is 0 Å². The topological polar surface area (TPSA) is 103 Å². The standard InChI is InChI=1S/C16H17F2NO5/c1-7(23-8(2)20)13(21)4-3-10-11-5-9(17)6-12(18)14(11)24-15(10)16(19)22/h5-7,13,21H,3-4H2,1-2H3,(H2,19,22). The SMILES string of the molecule is CC(=O)OC(C)C(O)CCc1c(C(N)=O)oc2c(F)cc(F)cc12. The van der Waals surface area contributed by atoms with Crippen LogP contribution in [-0.4, -0.2) is 29.2 Å². The molecule has 1 aromatic carbocycles. The summed E-state index contributed by atoms with van der Waals surface area (Å²) in [5.74, 6) is -3.54. The normalized spacial score (nSPS) is 13.7. The molecule has 0 bridgehead atoms. The Morgan fingerprint density at radius 3 is 2.62 bits per heavy atom. The fourth-order valence-electron chi connectivity index (χ4n) is 2.49. The number of aryl methyl sites for hydroxylation is 1. The van der Waals surface area contributed by atoms with Gasteiger partial charge in [0.15, 0.2) is 17.2 Å². The number of aliphatic hydroxyl groups excluding tert-OH is 1. The number of amides is 1. The van der Waals surface area contributed by atoms with Gasteiger partial charge in [-0.3, -0.25) is 9.59 Å². The van der Waals surface area contributed by atoms with E-state index in [1.54, 1.807) is 0 Å². The van der Waals surface area contributed by atoms with Crippen LogP contribution in [0.5, 0.6) is 0 Å². The van der Waals surface area contributed by atoms with Gasteiger partial charge >= 0.3 is 5.97 Å². The van der Waals surface area contributed by atoms with Crippen LogP contribution in [0.1, 0.15) is 36.4 Å². The summed E-state index contributed by atoms with van der Waals surface area (Å²) in [5, 5.41) is 10.1. The van der Waals surface area contributed by atoms with E-state index >= 15 is 0 Å². The molecule has 0 fully saturated rings. The molecule has 0 saturated carbocycles. The number of carbonyl (C=O) groups is 2. The summed E-state index contributed by atoms with van der Waals surface area (Å²) in [6, 6.07) is 1.67. The van der Waals surface area contributed by atoms with Crippen LogP contribution in [0.15, 0.2) is 16.5 Å². The summed E-state index contributed by atoms with van der Waals surface area (Å²) in [5.41, 5.74) is 5.14. The van der Waals surface area contributed by atoms with Crippen LogP contribution in [0, 0.1) is 11.6 Å². The molecule has 130 valence electrons. The minimum absolute atomic E-state index is 0.0565. The van der Waals surface area contributed by atoms with E-state index in [0.29, 0.717) is 6.07 Å². The molecule has 2 atom stereocenters. The van der Waals surface area contributed by atoms with Crippen LogP contribution in [-0.2, 0) is 16.0 Å². The molecule has 0 aliphatic carbocycles. The molecule has 0 radical (unpaired) electrons. The second-order valence-corrected chi connectivity index (χ2v) is 5.46. The highest BCUT2D eigenvalue weighted by Gasteiger charge is 2.24. The average Bonchev–Trinajstić information content (AvgIpc) is 2.83. The maximum atomic E-state index is 13.8. The van der Waals surface area contributed by atoms with Crippen LogP contribution >= 0.6 is 0 Å². The van der Waals surface area contributed by atoms with Crippen LogP contribution in [0.4, 0.5) is 8.78 Å². The minimum Gasteiger partial charge on any atom is -0.460 e. The van der Waals surface area contributed by atoms with Gasteiger partial charge in [-0.1, -0.05) is 0 Å². The maximum Gasteiger partial charge on any atom is 0.302 e. The number of halogens is 2. The fourth-order valence-corrected chi connectivity index (χ4v) is 2.49. The van der Waals surface area contributed by atoms with Crippen molar-refractivity contribution in [2.75, 3.05) is 0 Å². The molecule has 0 aliphatic rings. The third-order valence-corrected chi connectivity index (χ3v) is 3.62. The van der Waals surface area contributed by atoms with E-state index in [4.69, 9.17) is 14.9 Å². The fraction of sp³-hybridized carbons (Fsp3) is 0.375. The third kappa shape index (κ3) is 3.70. The average molecular weight is 341 g/mol. The first-order valence-electron chi connectivity index (χ1n) is 7.26. The molecular formula is C16H17F2NO5. The molecule has 24 heavy (non-hydrogen) atoms. The minimum atomic E-state index is -1.03. The number of esters is 1. The first kappa shape index (κ1) is 17.9. The lowest BCUT2D eigenvalue weighted by atomic mass is 10.0. The molecule has 0 aliphatic heterocycles. The van der Waals surface area contributed by atoms with E-state index in [1.807, 2.05) is 0 Å². The highest BCUT2D eigenvalue weighted by Crippen LogP contribution is 2.30. The quantitative estimate of drug-likeness (QED) is 0.783. The molecule has 2 aromatic rings. The molecular weight excluding hydrogens is 324 g/mol. The molecule has 0 saturated heterocycles. The number of hydrogen-bond donors (Lipinski definition) is 2. The van der Waals surface area contributed by atoms with E-state index in [1.165, 1.54) is 13.8 Å². The van der Waals surface area contributed by atoms with Crippen molar-refractivity contribution in [1.82, 2.24) is 0 Å². The van der Waals surface area contributed by atoms with Gasteiger partial charge < -0.3 is 20.0 Å². The smallest absolute Gasteiger partial charge is 0.302 e. The van der Waals surface area contributed by atoms with Gasteiger partial charge in [-0.15, -0.1) is 0 Å². The predicted molar refractivity (Wildman–Crippen MR) is 80.2 cm³/mol. The van der Waals surface area contributed by atoms with Crippen molar-refractivity contribution in [1.29, 1.82) is 0 Å². The molecule has 3 N–H and O–H groups in total. The van der Waals surface area contributed by atoms with Gasteiger partial charge in [0.05, 0.1) is 6.10 Å². The molecule has 1 aromatic heterocycles. The highest BCUT2D eigenvalue weighted by atomic mass is 19.1. The van der Waals surface area contributed by atoms with Gasteiger partial charge in [0, 0.05) is 23.9 Å². The second-order valence-electron chi connectivity index (χ2n) is 5.46. The van der Waals surface area contributed by atoms with E-state index in [2.05, 4.69) is 0 Å². The lowest BCUT2D eigenvalue weighted by molar-refractivity contribution is -0.151. The maximum absolute atomic E-state index is 13.8. The monoisotopic (exact) mass is 341 g/mol. The predicted octanol–water partition coefficient (Wildman–Crippen LogP) is 2.05. The number of rotatable bonds is 6. The lowest BCUT2D eigenvalue weighted by Gasteiger charge is -2.18. The molecule has 1 amide bonds. The van der Waals surface area contributed by atoms with Crippen molar-refractivity contribution >= 4 is 22.8 Å². The van der Waals surface area contributed by atoms with E-state index < -0.39 is 35.7 Å². The summed E-state index contributed by atoms with van der Waals surface area (Å²) in [6.07, 6.45) is -1.67. The Kier molecular flexibility index (Phi) is 5.18. The van der Waals surface area contributed by atoms with Crippen LogP contribution in [0.2, 0.25) is 0 Å². The Morgan fingerprint density at radius 2 is 2.04 bits per heavy atom. The number of hydrogen-bond acceptors (Lipinski definition) is 5. The zero-order chi connectivity index (χ0) is 18.0. The molecule has 8 heteroatoms. The Labute approximate surface area is 136 Å². The Bertz CT molecular complexity index is 786. The number of benzene rings is 1. The van der Waals surface area contributed by atoms with E-state index in [-0.39, 0.29) is 35.1 Å². The zero-order valence-corrected chi connectivity index (χ0v) is 13.1. The number of furan rings is 1. The number of fused-ring (bicyclic) bond motifs is 1. The summed E-state index contributed by atoms with van der Waals surface area (Å²) in [4.78, 5) is 22.4. The summed E-state index contributed by atoms with van der Waals surface area (Å²) in [6.45, 7) is 2.72. The Hall–Kier alpha value is -2.48. The summed E-state index contributed by atoms with van der Waals surface area (Å²) >= 11 is 0. The number of carbonyl (C=O) groups excluding carboxylic acids is 2. The van der Waals surface area contributed by atoms with Gasteiger partial charge in [0.25, 0.3) is 5.91 Å². The largest absolute Gasteiger partial charge is 0.460 e. The van der Waals surface area contributed by atoms with Gasteiger partial charge in [-0.2, -0.15) is 0 Å². The summed E-state index contributed by atoms with van der Waals surface area (Å²) < 4.78 is 37.2. The van der Waals surface area contributed by atoms with Crippen molar-refractivity contribution in [2.45, 2.75) is 38.9 Å². The molecule has 0 spiro atoms. The number of aliphatic hydroxyl groups is 1. The molecule has 6 nitrogen and oxygen atoms in total. The molecule has 2 unspecified atom stereocenters. The molecule has 2 rings (SSSR count). The first-order valence-corrected chi connectivity index (χ1v) is 7.26. The van der Waals surface area contributed by atoms with Crippen LogP contribution in [0.25, 0.3) is 11.0 Å². The lowest BCUT2D eigenvalue weighted by Crippen LogP contribution is -2.28. The van der Waals surface area contributed by atoms with Gasteiger partial charge in [0.2, 0.25) is 0 Å². The van der Waals surface area contributed by atoms with Crippen molar-refractivity contribution < 1.29 is 32.6 Å². The number of primary amides is 1. The van der Waals surface area contributed by atoms with Gasteiger partial charge in [-0.05, 0) is 25.8 Å². The zero-order valence-electron chi connectivity index (χ0n) is 13.1. The third-order valence-electron chi connectivity index (χ3n) is 3.62. The second kappa shape index (κ2) is 6.96. The van der Waals surface area contributed by atoms with Gasteiger partial charge in [-0.25, -0.2) is 8.78 Å². The number of nitrogens with two attached hydrogens (primary N) is 1. The van der Waals surface area contributed by atoms with Crippen LogP contribution in [0.3, 0.4) is 0 Å². The highest BCUT2D eigenvalue weighted by molar-refractivity contribution is 5.98. The molecule has 1 heterocycles. The van der Waals surface area contributed by atoms with Crippen molar-refractivity contribution in [3.05, 3.63) is 35.1 Å². The van der Waals surface area contributed by atoms with Crippen molar-refractivity contribution in [2.24, 2.45) is 5.73 Å². The van der Waals surface area contributed by atoms with Gasteiger partial charge in [0.1, 0.15) is 11.9 Å². The Morgan fingerprint density at radius 1 is 1.38 bits per heavy atom. The van der Waals surface area contributed by atoms with E-state index in [9.17, 15) is 23.5 Å². The Balaban J connectivity index is 2.32. The van der Waals surface area contributed by atoms with E-state index in [0.717, 1.165) is 6.07 Å². The van der Waals surface area contributed by atoms with Crippen LogP contribution < -0.4 is 5.73 Å². The summed E-state index contributed by atoms with van der Waals surface area (Å²) in [7, 11) is 0. The van der Waals surface area contributed by atoms with Crippen molar-refractivity contribution in [3.63, 3.8) is 0 Å².